The van der Waals surface area contributed by atoms with Crippen LogP contribution in [-0.4, -0.2) is 52.4 Å². The number of rotatable bonds is 4. The first-order valence-electron chi connectivity index (χ1n) is 9.70. The summed E-state index contributed by atoms with van der Waals surface area (Å²) in [7, 11) is 0. The molecule has 2 aromatic rings. The van der Waals surface area contributed by atoms with Gasteiger partial charge in [-0.1, -0.05) is 18.2 Å². The molecular formula is C21H24N4O3. The molecule has 4 rings (SSSR count). The van der Waals surface area contributed by atoms with Crippen LogP contribution in [0.1, 0.15) is 25.1 Å². The molecule has 0 spiro atoms. The number of amides is 2. The minimum Gasteiger partial charge on any atom is -0.472 e. The zero-order valence-electron chi connectivity index (χ0n) is 16.0. The first kappa shape index (κ1) is 18.4. The van der Waals surface area contributed by atoms with Crippen LogP contribution in [0.3, 0.4) is 0 Å². The maximum absolute atomic E-state index is 13.0. The second-order valence-electron chi connectivity index (χ2n) is 7.35. The number of likely N-dealkylation sites (tertiary alicyclic amines) is 1. The molecule has 2 unspecified atom stereocenters. The van der Waals surface area contributed by atoms with Crippen molar-refractivity contribution in [3.05, 3.63) is 48.4 Å². The summed E-state index contributed by atoms with van der Waals surface area (Å²) in [6.07, 6.45) is 3.61. The number of nitrogens with zero attached hydrogens (tertiary/aromatic N) is 4. The predicted octanol–water partition coefficient (Wildman–Crippen LogP) is 2.21. The molecule has 0 N–H and O–H groups in total. The highest BCUT2D eigenvalue weighted by molar-refractivity contribution is 6.00. The van der Waals surface area contributed by atoms with Crippen LogP contribution in [0.2, 0.25) is 0 Å². The van der Waals surface area contributed by atoms with E-state index in [0.717, 1.165) is 18.5 Å². The molecule has 7 nitrogen and oxygen atoms in total. The first-order valence-corrected chi connectivity index (χ1v) is 9.70. The minimum absolute atomic E-state index is 0.00539. The molecule has 0 bridgehead atoms. The Hall–Kier alpha value is -2.96. The van der Waals surface area contributed by atoms with Gasteiger partial charge in [0, 0.05) is 37.5 Å². The summed E-state index contributed by atoms with van der Waals surface area (Å²) in [5.74, 6) is 0.947. The molecular weight excluding hydrogens is 356 g/mol. The van der Waals surface area contributed by atoms with Crippen LogP contribution in [0.25, 0.3) is 0 Å². The number of piperidine rings is 1. The van der Waals surface area contributed by atoms with E-state index in [1.807, 2.05) is 42.2 Å². The number of aromatic nitrogens is 2. The average Bonchev–Trinajstić information content (AvgIpc) is 3.10. The molecule has 3 heterocycles. The highest BCUT2D eigenvalue weighted by Gasteiger charge is 2.38. The summed E-state index contributed by atoms with van der Waals surface area (Å²) in [4.78, 5) is 37.4. The third-order valence-electron chi connectivity index (χ3n) is 5.27. The van der Waals surface area contributed by atoms with Crippen LogP contribution in [0, 0.1) is 12.8 Å². The van der Waals surface area contributed by atoms with Gasteiger partial charge in [0.05, 0.1) is 12.5 Å². The standard InChI is InChI=1S/C21H24N4O3/c1-15-22-10-9-19(23-15)28-18-8-5-11-24(14-18)21(27)16-12-20(26)25(13-16)17-6-3-2-4-7-17/h2-4,6-7,9-10,16,18H,5,8,11-14H2,1H3. The molecule has 146 valence electrons. The van der Waals surface area contributed by atoms with Gasteiger partial charge in [0.1, 0.15) is 11.9 Å². The Morgan fingerprint density at radius 2 is 2.00 bits per heavy atom. The quantitative estimate of drug-likeness (QED) is 0.813. The molecule has 2 amide bonds. The Kier molecular flexibility index (Phi) is 5.23. The average molecular weight is 380 g/mol. The van der Waals surface area contributed by atoms with Crippen molar-refractivity contribution in [1.29, 1.82) is 0 Å². The number of anilines is 1. The van der Waals surface area contributed by atoms with Gasteiger partial charge in [0.15, 0.2) is 0 Å². The fraction of sp³-hybridized carbons (Fsp3) is 0.429. The van der Waals surface area contributed by atoms with Crippen molar-refractivity contribution in [2.45, 2.75) is 32.3 Å². The second-order valence-corrected chi connectivity index (χ2v) is 7.35. The van der Waals surface area contributed by atoms with Crippen molar-refractivity contribution >= 4 is 17.5 Å². The fourth-order valence-electron chi connectivity index (χ4n) is 3.89. The van der Waals surface area contributed by atoms with E-state index in [1.165, 1.54) is 0 Å². The zero-order valence-corrected chi connectivity index (χ0v) is 16.0. The maximum atomic E-state index is 13.0. The van der Waals surface area contributed by atoms with Gasteiger partial charge in [-0.25, -0.2) is 4.98 Å². The lowest BCUT2D eigenvalue weighted by atomic mass is 10.0. The van der Waals surface area contributed by atoms with Gasteiger partial charge >= 0.3 is 0 Å². The van der Waals surface area contributed by atoms with Crippen molar-refractivity contribution < 1.29 is 14.3 Å². The Balaban J connectivity index is 1.38. The van der Waals surface area contributed by atoms with E-state index in [-0.39, 0.29) is 30.3 Å². The number of ether oxygens (including phenoxy) is 1. The predicted molar refractivity (Wildman–Crippen MR) is 104 cm³/mol. The van der Waals surface area contributed by atoms with E-state index in [9.17, 15) is 9.59 Å². The van der Waals surface area contributed by atoms with Crippen molar-refractivity contribution in [2.24, 2.45) is 5.92 Å². The Bertz CT molecular complexity index is 858. The van der Waals surface area contributed by atoms with Gasteiger partial charge in [-0.3, -0.25) is 9.59 Å². The Labute approximate surface area is 164 Å². The van der Waals surface area contributed by atoms with E-state index in [2.05, 4.69) is 9.97 Å². The van der Waals surface area contributed by atoms with Crippen LogP contribution in [-0.2, 0) is 9.59 Å². The van der Waals surface area contributed by atoms with Gasteiger partial charge in [-0.15, -0.1) is 0 Å². The van der Waals surface area contributed by atoms with Crippen LogP contribution in [0.5, 0.6) is 5.88 Å². The molecule has 2 aliphatic heterocycles. The number of hydrogen-bond donors (Lipinski definition) is 0. The molecule has 2 fully saturated rings. The highest BCUT2D eigenvalue weighted by Crippen LogP contribution is 2.27. The van der Waals surface area contributed by atoms with E-state index in [0.29, 0.717) is 31.3 Å². The molecule has 0 radical (unpaired) electrons. The van der Waals surface area contributed by atoms with Gasteiger partial charge in [-0.05, 0) is 31.9 Å². The van der Waals surface area contributed by atoms with E-state index in [1.54, 1.807) is 17.2 Å². The van der Waals surface area contributed by atoms with Crippen LogP contribution < -0.4 is 9.64 Å². The second kappa shape index (κ2) is 7.96. The molecule has 7 heteroatoms. The van der Waals surface area contributed by atoms with Gasteiger partial charge in [0.25, 0.3) is 0 Å². The lowest BCUT2D eigenvalue weighted by Crippen LogP contribution is -2.47. The van der Waals surface area contributed by atoms with E-state index >= 15 is 0 Å². The van der Waals surface area contributed by atoms with Crippen molar-refractivity contribution in [1.82, 2.24) is 14.9 Å². The molecule has 1 aromatic heterocycles. The Morgan fingerprint density at radius 1 is 1.18 bits per heavy atom. The number of aryl methyl sites for hydroxylation is 1. The summed E-state index contributed by atoms with van der Waals surface area (Å²) < 4.78 is 5.97. The summed E-state index contributed by atoms with van der Waals surface area (Å²) in [5, 5.41) is 0. The molecule has 2 saturated heterocycles. The van der Waals surface area contributed by atoms with Crippen molar-refractivity contribution in [2.75, 3.05) is 24.5 Å². The van der Waals surface area contributed by atoms with Gasteiger partial charge < -0.3 is 14.5 Å². The summed E-state index contributed by atoms with van der Waals surface area (Å²) in [6.45, 7) is 3.49. The highest BCUT2D eigenvalue weighted by atomic mass is 16.5. The van der Waals surface area contributed by atoms with Gasteiger partial charge in [0.2, 0.25) is 17.7 Å². The first-order chi connectivity index (χ1) is 13.6. The number of benzene rings is 1. The van der Waals surface area contributed by atoms with Gasteiger partial charge in [-0.2, -0.15) is 4.98 Å². The monoisotopic (exact) mass is 380 g/mol. The minimum atomic E-state index is -0.298. The molecule has 0 aliphatic carbocycles. The van der Waals surface area contributed by atoms with Crippen molar-refractivity contribution in [3.63, 3.8) is 0 Å². The summed E-state index contributed by atoms with van der Waals surface area (Å²) in [5.41, 5.74) is 0.849. The van der Waals surface area contributed by atoms with Crippen molar-refractivity contribution in [3.8, 4) is 5.88 Å². The summed E-state index contributed by atoms with van der Waals surface area (Å²) >= 11 is 0. The fourth-order valence-corrected chi connectivity index (χ4v) is 3.89. The van der Waals surface area contributed by atoms with E-state index in [4.69, 9.17) is 4.74 Å². The van der Waals surface area contributed by atoms with E-state index < -0.39 is 0 Å². The Morgan fingerprint density at radius 3 is 2.79 bits per heavy atom. The number of hydrogen-bond acceptors (Lipinski definition) is 5. The molecule has 2 atom stereocenters. The molecule has 2 aliphatic rings. The molecule has 0 saturated carbocycles. The van der Waals surface area contributed by atoms with Crippen LogP contribution >= 0.6 is 0 Å². The smallest absolute Gasteiger partial charge is 0.228 e. The topological polar surface area (TPSA) is 75.6 Å². The lowest BCUT2D eigenvalue weighted by Gasteiger charge is -2.34. The lowest BCUT2D eigenvalue weighted by molar-refractivity contribution is -0.138. The normalized spacial score (nSPS) is 22.4. The largest absolute Gasteiger partial charge is 0.472 e. The third kappa shape index (κ3) is 3.98. The van der Waals surface area contributed by atoms with Crippen LogP contribution in [0.4, 0.5) is 5.69 Å². The SMILES string of the molecule is Cc1nccc(OC2CCCN(C(=O)C3CC(=O)N(c4ccccc4)C3)C2)n1. The maximum Gasteiger partial charge on any atom is 0.228 e. The number of carbonyl (C=O) groups is 2. The molecule has 1 aromatic carbocycles. The number of carbonyl (C=O) groups excluding carboxylic acids is 2. The number of para-hydroxylation sites is 1. The van der Waals surface area contributed by atoms with Crippen LogP contribution in [0.15, 0.2) is 42.6 Å². The molecule has 28 heavy (non-hydrogen) atoms. The summed E-state index contributed by atoms with van der Waals surface area (Å²) in [6, 6.07) is 11.3. The zero-order chi connectivity index (χ0) is 19.5. The third-order valence-corrected chi connectivity index (χ3v) is 5.27.